The zero-order valence-corrected chi connectivity index (χ0v) is 14.0. The molecule has 1 fully saturated rings. The standard InChI is InChI=1S/C17H32N4/c1-4-21-17(19-13-20-21)10-15-8-6-5-7-9-16(15)12-18-11-14(2)3/h13-16,18H,4-12H2,1-3H3. The lowest BCUT2D eigenvalue weighted by molar-refractivity contribution is 0.287. The largest absolute Gasteiger partial charge is 0.316 e. The average molecular weight is 292 g/mol. The number of nitrogens with zero attached hydrogens (tertiary/aromatic N) is 3. The summed E-state index contributed by atoms with van der Waals surface area (Å²) in [4.78, 5) is 4.49. The number of nitrogens with one attached hydrogen (secondary N) is 1. The zero-order chi connectivity index (χ0) is 15.1. The fraction of sp³-hybridized carbons (Fsp3) is 0.882. The molecule has 1 aliphatic carbocycles. The molecule has 0 radical (unpaired) electrons. The lowest BCUT2D eigenvalue weighted by Gasteiger charge is -2.25. The van der Waals surface area contributed by atoms with Crippen LogP contribution in [-0.2, 0) is 13.0 Å². The fourth-order valence-electron chi connectivity index (χ4n) is 3.50. The Labute approximate surface area is 129 Å². The van der Waals surface area contributed by atoms with Crippen LogP contribution in [0.15, 0.2) is 6.33 Å². The van der Waals surface area contributed by atoms with Crippen LogP contribution in [0.1, 0.15) is 58.7 Å². The van der Waals surface area contributed by atoms with Gasteiger partial charge in [0.15, 0.2) is 0 Å². The SMILES string of the molecule is CCn1ncnc1CC1CCCCCC1CNCC(C)C. The fourth-order valence-corrected chi connectivity index (χ4v) is 3.50. The van der Waals surface area contributed by atoms with Crippen LogP contribution in [0.3, 0.4) is 0 Å². The Morgan fingerprint density at radius 3 is 2.71 bits per heavy atom. The summed E-state index contributed by atoms with van der Waals surface area (Å²) in [6, 6.07) is 0. The van der Waals surface area contributed by atoms with Crippen LogP contribution < -0.4 is 5.32 Å². The van der Waals surface area contributed by atoms with E-state index in [1.807, 2.05) is 0 Å². The van der Waals surface area contributed by atoms with Gasteiger partial charge in [-0.1, -0.05) is 33.1 Å². The first kappa shape index (κ1) is 16.5. The first-order valence-corrected chi connectivity index (χ1v) is 8.78. The second kappa shape index (κ2) is 8.52. The molecule has 1 saturated carbocycles. The molecular formula is C17H32N4. The summed E-state index contributed by atoms with van der Waals surface area (Å²) in [5, 5.41) is 8.00. The van der Waals surface area contributed by atoms with E-state index in [1.165, 1.54) is 44.5 Å². The van der Waals surface area contributed by atoms with E-state index in [0.29, 0.717) is 0 Å². The second-order valence-corrected chi connectivity index (χ2v) is 6.91. The maximum Gasteiger partial charge on any atom is 0.138 e. The molecule has 0 spiro atoms. The molecule has 4 nitrogen and oxygen atoms in total. The average Bonchev–Trinajstić information content (AvgIpc) is 2.79. The molecule has 2 atom stereocenters. The van der Waals surface area contributed by atoms with Gasteiger partial charge in [0.25, 0.3) is 0 Å². The molecule has 1 aliphatic rings. The van der Waals surface area contributed by atoms with Gasteiger partial charge in [0.2, 0.25) is 0 Å². The molecular weight excluding hydrogens is 260 g/mol. The highest BCUT2D eigenvalue weighted by Gasteiger charge is 2.25. The molecule has 2 unspecified atom stereocenters. The van der Waals surface area contributed by atoms with Crippen LogP contribution in [0.25, 0.3) is 0 Å². The minimum absolute atomic E-state index is 0.734. The molecule has 21 heavy (non-hydrogen) atoms. The predicted molar refractivity (Wildman–Crippen MR) is 87.2 cm³/mol. The first-order valence-electron chi connectivity index (χ1n) is 8.78. The van der Waals surface area contributed by atoms with Crippen LogP contribution in [0.2, 0.25) is 0 Å². The maximum atomic E-state index is 4.49. The number of hydrogen-bond donors (Lipinski definition) is 1. The van der Waals surface area contributed by atoms with Gasteiger partial charge < -0.3 is 5.32 Å². The van der Waals surface area contributed by atoms with E-state index in [4.69, 9.17) is 0 Å². The van der Waals surface area contributed by atoms with E-state index in [-0.39, 0.29) is 0 Å². The molecule has 0 aromatic carbocycles. The number of aryl methyl sites for hydroxylation is 1. The van der Waals surface area contributed by atoms with Crippen LogP contribution >= 0.6 is 0 Å². The highest BCUT2D eigenvalue weighted by atomic mass is 15.3. The van der Waals surface area contributed by atoms with E-state index in [2.05, 4.69) is 40.9 Å². The topological polar surface area (TPSA) is 42.7 Å². The van der Waals surface area contributed by atoms with E-state index in [1.54, 1.807) is 6.33 Å². The Morgan fingerprint density at radius 1 is 1.24 bits per heavy atom. The summed E-state index contributed by atoms with van der Waals surface area (Å²) >= 11 is 0. The van der Waals surface area contributed by atoms with Crippen molar-refractivity contribution in [3.05, 3.63) is 12.2 Å². The molecule has 0 amide bonds. The molecule has 1 N–H and O–H groups in total. The third kappa shape index (κ3) is 5.10. The van der Waals surface area contributed by atoms with E-state index < -0.39 is 0 Å². The van der Waals surface area contributed by atoms with Crippen molar-refractivity contribution in [2.24, 2.45) is 17.8 Å². The summed E-state index contributed by atoms with van der Waals surface area (Å²) in [7, 11) is 0. The van der Waals surface area contributed by atoms with Gasteiger partial charge in [0.05, 0.1) is 0 Å². The second-order valence-electron chi connectivity index (χ2n) is 6.91. The van der Waals surface area contributed by atoms with Gasteiger partial charge in [-0.2, -0.15) is 5.10 Å². The quantitative estimate of drug-likeness (QED) is 0.784. The van der Waals surface area contributed by atoms with Crippen molar-refractivity contribution in [1.82, 2.24) is 20.1 Å². The Hall–Kier alpha value is -0.900. The summed E-state index contributed by atoms with van der Waals surface area (Å²) in [5.41, 5.74) is 0. The normalized spacial score (nSPS) is 23.4. The van der Waals surface area contributed by atoms with Crippen molar-refractivity contribution in [2.45, 2.75) is 65.8 Å². The lowest BCUT2D eigenvalue weighted by atomic mass is 9.85. The highest BCUT2D eigenvalue weighted by molar-refractivity contribution is 4.90. The predicted octanol–water partition coefficient (Wildman–Crippen LogP) is 3.28. The van der Waals surface area contributed by atoms with Gasteiger partial charge >= 0.3 is 0 Å². The minimum atomic E-state index is 0.734. The maximum absolute atomic E-state index is 4.49. The first-order chi connectivity index (χ1) is 10.2. The Bertz CT molecular complexity index is 399. The summed E-state index contributed by atoms with van der Waals surface area (Å²) < 4.78 is 2.06. The smallest absolute Gasteiger partial charge is 0.138 e. The van der Waals surface area contributed by atoms with Crippen LogP contribution in [0.5, 0.6) is 0 Å². The van der Waals surface area contributed by atoms with Crippen LogP contribution in [0, 0.1) is 17.8 Å². The van der Waals surface area contributed by atoms with Gasteiger partial charge in [-0.3, -0.25) is 4.68 Å². The Balaban J connectivity index is 1.95. The van der Waals surface area contributed by atoms with E-state index in [0.717, 1.165) is 37.3 Å². The monoisotopic (exact) mass is 292 g/mol. The van der Waals surface area contributed by atoms with E-state index >= 15 is 0 Å². The number of aromatic nitrogens is 3. The highest BCUT2D eigenvalue weighted by Crippen LogP contribution is 2.30. The molecule has 1 aromatic rings. The third-order valence-corrected chi connectivity index (χ3v) is 4.72. The van der Waals surface area contributed by atoms with Gasteiger partial charge in [-0.05, 0) is 50.6 Å². The van der Waals surface area contributed by atoms with Crippen LogP contribution in [-0.4, -0.2) is 27.9 Å². The molecule has 120 valence electrons. The molecule has 2 rings (SSSR count). The summed E-state index contributed by atoms with van der Waals surface area (Å²) in [6.07, 6.45) is 9.71. The Morgan fingerprint density at radius 2 is 2.00 bits per heavy atom. The third-order valence-electron chi connectivity index (χ3n) is 4.72. The molecule has 4 heteroatoms. The van der Waals surface area contributed by atoms with Gasteiger partial charge in [0, 0.05) is 13.0 Å². The van der Waals surface area contributed by atoms with Crippen molar-refractivity contribution in [3.63, 3.8) is 0 Å². The minimum Gasteiger partial charge on any atom is -0.316 e. The molecule has 0 saturated heterocycles. The molecule has 1 aromatic heterocycles. The molecule has 0 aliphatic heterocycles. The number of rotatable bonds is 7. The Kier molecular flexibility index (Phi) is 6.68. The summed E-state index contributed by atoms with van der Waals surface area (Å²) in [6.45, 7) is 9.94. The molecule has 1 heterocycles. The number of hydrogen-bond acceptors (Lipinski definition) is 3. The summed E-state index contributed by atoms with van der Waals surface area (Å²) in [5.74, 6) is 3.48. The van der Waals surface area contributed by atoms with E-state index in [9.17, 15) is 0 Å². The van der Waals surface area contributed by atoms with Crippen molar-refractivity contribution < 1.29 is 0 Å². The molecule has 0 bridgehead atoms. The lowest BCUT2D eigenvalue weighted by Crippen LogP contribution is -2.31. The van der Waals surface area contributed by atoms with Crippen LogP contribution in [0.4, 0.5) is 0 Å². The zero-order valence-electron chi connectivity index (χ0n) is 14.0. The van der Waals surface area contributed by atoms with Crippen molar-refractivity contribution in [3.8, 4) is 0 Å². The van der Waals surface area contributed by atoms with Gasteiger partial charge in [-0.25, -0.2) is 4.98 Å². The van der Waals surface area contributed by atoms with Crippen molar-refractivity contribution >= 4 is 0 Å². The van der Waals surface area contributed by atoms with Crippen molar-refractivity contribution in [1.29, 1.82) is 0 Å². The van der Waals surface area contributed by atoms with Gasteiger partial charge in [0.1, 0.15) is 12.2 Å². The van der Waals surface area contributed by atoms with Crippen molar-refractivity contribution in [2.75, 3.05) is 13.1 Å². The van der Waals surface area contributed by atoms with Gasteiger partial charge in [-0.15, -0.1) is 0 Å².